The Morgan fingerprint density at radius 2 is 1.52 bits per heavy atom. The number of rotatable bonds is 4. The number of hydrogen-bond acceptors (Lipinski definition) is 4. The summed E-state index contributed by atoms with van der Waals surface area (Å²) in [6.07, 6.45) is -4.69. The van der Waals surface area contributed by atoms with Gasteiger partial charge in [-0.25, -0.2) is 4.79 Å². The average molecular weight is 388 g/mol. The molecule has 2 rings (SSSR count). The maximum Gasteiger partial charge on any atom is 0.490 e. The van der Waals surface area contributed by atoms with Gasteiger partial charge in [-0.05, 0) is 18.6 Å². The van der Waals surface area contributed by atoms with Crippen LogP contribution in [-0.4, -0.2) is 52.4 Å². The van der Waals surface area contributed by atoms with Crippen LogP contribution in [0.4, 0.5) is 13.2 Å². The highest BCUT2D eigenvalue weighted by atomic mass is 19.4. The molecular formula is C15H15F3N4O5. The smallest absolute Gasteiger partial charge is 0.475 e. The van der Waals surface area contributed by atoms with Crippen molar-refractivity contribution in [3.63, 3.8) is 0 Å². The van der Waals surface area contributed by atoms with E-state index in [0.29, 0.717) is 17.5 Å². The topological polar surface area (TPSA) is 156 Å². The number of aliphatic imine (C=N–C) groups is 1. The van der Waals surface area contributed by atoms with Gasteiger partial charge in [0.1, 0.15) is 0 Å². The highest BCUT2D eigenvalue weighted by Crippen LogP contribution is 2.22. The third-order valence-corrected chi connectivity index (χ3v) is 3.15. The first kappa shape index (κ1) is 21.6. The number of nitrogens with two attached hydrogens (primary N) is 2. The SMILES string of the molecule is NC(N)=NC(=O)CCCN1C(=O)c2ccccc2C1=O.O=C(O)C(F)(F)F. The van der Waals surface area contributed by atoms with Crippen molar-refractivity contribution < 1.29 is 37.5 Å². The molecule has 0 atom stereocenters. The second-order valence-electron chi connectivity index (χ2n) is 5.14. The van der Waals surface area contributed by atoms with E-state index in [1.165, 1.54) is 0 Å². The van der Waals surface area contributed by atoms with E-state index in [9.17, 15) is 27.6 Å². The molecule has 5 N–H and O–H groups in total. The summed E-state index contributed by atoms with van der Waals surface area (Å²) in [6, 6.07) is 6.63. The van der Waals surface area contributed by atoms with Crippen LogP contribution in [0, 0.1) is 0 Å². The van der Waals surface area contributed by atoms with Crippen LogP contribution in [0.25, 0.3) is 0 Å². The molecule has 1 aromatic rings. The first-order valence-corrected chi connectivity index (χ1v) is 7.33. The van der Waals surface area contributed by atoms with Crippen LogP contribution in [0.3, 0.4) is 0 Å². The van der Waals surface area contributed by atoms with E-state index in [4.69, 9.17) is 21.4 Å². The zero-order valence-electron chi connectivity index (χ0n) is 13.7. The Labute approximate surface area is 150 Å². The Morgan fingerprint density at radius 1 is 1.07 bits per heavy atom. The maximum absolute atomic E-state index is 12.0. The molecule has 0 fully saturated rings. The Hall–Kier alpha value is -3.44. The molecule has 27 heavy (non-hydrogen) atoms. The largest absolute Gasteiger partial charge is 0.490 e. The van der Waals surface area contributed by atoms with Crippen LogP contribution in [-0.2, 0) is 9.59 Å². The molecule has 0 aromatic heterocycles. The Morgan fingerprint density at radius 3 is 1.89 bits per heavy atom. The number of imide groups is 1. The lowest BCUT2D eigenvalue weighted by Crippen LogP contribution is -2.31. The number of carboxylic acids is 1. The van der Waals surface area contributed by atoms with Gasteiger partial charge in [-0.2, -0.15) is 18.2 Å². The van der Waals surface area contributed by atoms with Crippen molar-refractivity contribution >= 4 is 29.7 Å². The van der Waals surface area contributed by atoms with E-state index in [2.05, 4.69) is 4.99 Å². The van der Waals surface area contributed by atoms with Gasteiger partial charge in [-0.3, -0.25) is 19.3 Å². The number of guanidine groups is 1. The van der Waals surface area contributed by atoms with Crippen molar-refractivity contribution in [3.8, 4) is 0 Å². The predicted octanol–water partition coefficient (Wildman–Crippen LogP) is 0.496. The molecule has 1 heterocycles. The molecule has 12 heteroatoms. The minimum absolute atomic E-state index is 0.0747. The fraction of sp³-hybridized carbons (Fsp3) is 0.267. The number of nitrogens with zero attached hydrogens (tertiary/aromatic N) is 2. The lowest BCUT2D eigenvalue weighted by Gasteiger charge is -2.12. The molecule has 146 valence electrons. The molecule has 0 radical (unpaired) electrons. The number of aliphatic carboxylic acids is 1. The van der Waals surface area contributed by atoms with Crippen LogP contribution in [0.2, 0.25) is 0 Å². The summed E-state index contributed by atoms with van der Waals surface area (Å²) in [6.45, 7) is 0.165. The third kappa shape index (κ3) is 6.09. The van der Waals surface area contributed by atoms with Crippen molar-refractivity contribution in [2.45, 2.75) is 19.0 Å². The van der Waals surface area contributed by atoms with Crippen molar-refractivity contribution in [2.75, 3.05) is 6.54 Å². The van der Waals surface area contributed by atoms with Crippen LogP contribution < -0.4 is 11.5 Å². The molecule has 3 amide bonds. The first-order chi connectivity index (χ1) is 12.4. The Kier molecular flexibility index (Phi) is 7.02. The van der Waals surface area contributed by atoms with Gasteiger partial charge >= 0.3 is 12.1 Å². The van der Waals surface area contributed by atoms with Crippen LogP contribution >= 0.6 is 0 Å². The summed E-state index contributed by atoms with van der Waals surface area (Å²) in [5.74, 6) is -4.19. The van der Waals surface area contributed by atoms with E-state index in [1.54, 1.807) is 24.3 Å². The number of amides is 3. The summed E-state index contributed by atoms with van der Waals surface area (Å²) in [4.78, 5) is 48.7. The molecule has 0 saturated carbocycles. The van der Waals surface area contributed by atoms with Gasteiger partial charge in [0, 0.05) is 13.0 Å². The van der Waals surface area contributed by atoms with E-state index in [0.717, 1.165) is 4.90 Å². The van der Waals surface area contributed by atoms with Crippen molar-refractivity contribution in [3.05, 3.63) is 35.4 Å². The van der Waals surface area contributed by atoms with E-state index in [-0.39, 0.29) is 30.7 Å². The van der Waals surface area contributed by atoms with Crippen molar-refractivity contribution in [1.29, 1.82) is 0 Å². The first-order valence-electron chi connectivity index (χ1n) is 7.33. The van der Waals surface area contributed by atoms with Gasteiger partial charge in [-0.1, -0.05) is 12.1 Å². The molecule has 1 aromatic carbocycles. The molecule has 0 bridgehead atoms. The number of alkyl halides is 3. The maximum atomic E-state index is 12.0. The standard InChI is InChI=1S/C13H14N4O3.C2HF3O2/c14-13(15)16-10(18)6-3-7-17-11(19)8-4-1-2-5-9(8)12(17)20;3-2(4,5)1(6)7/h1-2,4-5H,3,6-7H2,(H4,14,15,16,18);(H,6,7). The molecule has 0 spiro atoms. The van der Waals surface area contributed by atoms with Crippen LogP contribution in [0.1, 0.15) is 33.6 Å². The summed E-state index contributed by atoms with van der Waals surface area (Å²) in [5, 5.41) is 7.12. The Bertz CT molecular complexity index is 753. The summed E-state index contributed by atoms with van der Waals surface area (Å²) >= 11 is 0. The molecule has 0 saturated heterocycles. The van der Waals surface area contributed by atoms with Gasteiger partial charge in [0.05, 0.1) is 11.1 Å². The normalized spacial score (nSPS) is 12.8. The number of fused-ring (bicyclic) bond motifs is 1. The summed E-state index contributed by atoms with van der Waals surface area (Å²) < 4.78 is 31.7. The second-order valence-corrected chi connectivity index (χ2v) is 5.14. The number of carbonyl (C=O) groups is 4. The second kappa shape index (κ2) is 8.78. The van der Waals surface area contributed by atoms with Gasteiger partial charge in [-0.15, -0.1) is 0 Å². The minimum atomic E-state index is -5.08. The van der Waals surface area contributed by atoms with Gasteiger partial charge < -0.3 is 16.6 Å². The highest BCUT2D eigenvalue weighted by molar-refractivity contribution is 6.21. The lowest BCUT2D eigenvalue weighted by atomic mass is 10.1. The van der Waals surface area contributed by atoms with Gasteiger partial charge in [0.2, 0.25) is 5.91 Å². The number of carbonyl (C=O) groups excluding carboxylic acids is 3. The van der Waals surface area contributed by atoms with E-state index < -0.39 is 18.1 Å². The predicted molar refractivity (Wildman–Crippen MR) is 85.6 cm³/mol. The molecule has 1 aliphatic rings. The Balaban J connectivity index is 0.000000445. The third-order valence-electron chi connectivity index (χ3n) is 3.15. The minimum Gasteiger partial charge on any atom is -0.475 e. The molecular weight excluding hydrogens is 373 g/mol. The average Bonchev–Trinajstić information content (AvgIpc) is 2.79. The van der Waals surface area contributed by atoms with E-state index >= 15 is 0 Å². The molecule has 0 aliphatic carbocycles. The monoisotopic (exact) mass is 388 g/mol. The zero-order valence-corrected chi connectivity index (χ0v) is 13.7. The van der Waals surface area contributed by atoms with E-state index in [1.807, 2.05) is 0 Å². The summed E-state index contributed by atoms with van der Waals surface area (Å²) in [7, 11) is 0. The molecule has 9 nitrogen and oxygen atoms in total. The highest BCUT2D eigenvalue weighted by Gasteiger charge is 2.38. The van der Waals surface area contributed by atoms with Gasteiger partial charge in [0.25, 0.3) is 11.8 Å². The molecule has 0 unspecified atom stereocenters. The number of halogens is 3. The number of benzene rings is 1. The molecule has 1 aliphatic heterocycles. The van der Waals surface area contributed by atoms with Crippen molar-refractivity contribution in [2.24, 2.45) is 16.5 Å². The quantitative estimate of drug-likeness (QED) is 0.385. The van der Waals surface area contributed by atoms with Crippen LogP contribution in [0.5, 0.6) is 0 Å². The summed E-state index contributed by atoms with van der Waals surface area (Å²) in [5.41, 5.74) is 10.9. The van der Waals surface area contributed by atoms with Crippen LogP contribution in [0.15, 0.2) is 29.3 Å². The lowest BCUT2D eigenvalue weighted by molar-refractivity contribution is -0.192. The fourth-order valence-corrected chi connectivity index (χ4v) is 2.03. The number of hydrogen-bond donors (Lipinski definition) is 3. The zero-order chi connectivity index (χ0) is 20.8. The fourth-order valence-electron chi connectivity index (χ4n) is 2.03. The number of carboxylic acid groups (broad SMARTS) is 1. The van der Waals surface area contributed by atoms with Crippen molar-refractivity contribution in [1.82, 2.24) is 4.90 Å². The van der Waals surface area contributed by atoms with Gasteiger partial charge in [0.15, 0.2) is 5.96 Å².